The Bertz CT molecular complexity index is 864. The minimum Gasteiger partial charge on any atom is -0.450 e. The molecule has 0 aliphatic carbocycles. The van der Waals surface area contributed by atoms with Crippen molar-refractivity contribution in [2.24, 2.45) is 0 Å². The highest BCUT2D eigenvalue weighted by molar-refractivity contribution is 8.00. The van der Waals surface area contributed by atoms with Crippen LogP contribution in [0.5, 0.6) is 0 Å². The summed E-state index contributed by atoms with van der Waals surface area (Å²) in [6.45, 7) is 6.06. The largest absolute Gasteiger partial charge is 0.450 e. The van der Waals surface area contributed by atoms with Crippen molar-refractivity contribution in [3.63, 3.8) is 0 Å². The number of thioether (sulfide) groups is 1. The molecule has 1 atom stereocenters. The van der Waals surface area contributed by atoms with Crippen molar-refractivity contribution >= 4 is 29.2 Å². The molecule has 1 N–H and O–H groups in total. The molecule has 1 unspecified atom stereocenters. The topological polar surface area (TPSA) is 57.7 Å². The lowest BCUT2D eigenvalue weighted by atomic mass is 10.2. The van der Waals surface area contributed by atoms with E-state index in [-0.39, 0.29) is 29.3 Å². The highest BCUT2D eigenvalue weighted by Crippen LogP contribution is 2.37. The molecule has 1 aliphatic heterocycles. The Hall–Kier alpha value is -2.46. The van der Waals surface area contributed by atoms with Crippen molar-refractivity contribution in [1.29, 1.82) is 0 Å². The second-order valence-electron chi connectivity index (χ2n) is 6.88. The first-order valence-electron chi connectivity index (χ1n) is 9.46. The number of nitrogens with zero attached hydrogens (tertiary/aromatic N) is 3. The smallest absolute Gasteiger partial charge is 0.446 e. The summed E-state index contributed by atoms with van der Waals surface area (Å²) in [5, 5.41) is 2.71. The standard InChI is InChI=1S/C20H23F3N4O2S/c1-3-29-19(28)25-18-10-24-9-8-15(18)12-26-13-27(11-14(26)2)16-4-6-17(7-5-16)30-20(21,22)23/h4-10,14H,3,11-13H2,1-2H3,(H,25,28). The Balaban J connectivity index is 1.65. The molecule has 3 rings (SSSR count). The minimum atomic E-state index is -4.29. The fourth-order valence-corrected chi connectivity index (χ4v) is 3.81. The molecule has 0 spiro atoms. The van der Waals surface area contributed by atoms with E-state index < -0.39 is 11.6 Å². The van der Waals surface area contributed by atoms with E-state index in [2.05, 4.69) is 27.0 Å². The predicted octanol–water partition coefficient (Wildman–Crippen LogP) is 4.93. The van der Waals surface area contributed by atoms with E-state index in [0.29, 0.717) is 18.9 Å². The fourth-order valence-electron chi connectivity index (χ4n) is 3.27. The summed E-state index contributed by atoms with van der Waals surface area (Å²) in [4.78, 5) is 20.3. The van der Waals surface area contributed by atoms with Crippen LogP contribution in [0.4, 0.5) is 29.3 Å². The predicted molar refractivity (Wildman–Crippen MR) is 110 cm³/mol. The summed E-state index contributed by atoms with van der Waals surface area (Å²) in [7, 11) is 0. The zero-order chi connectivity index (χ0) is 21.7. The third kappa shape index (κ3) is 6.02. The van der Waals surface area contributed by atoms with Gasteiger partial charge in [0.1, 0.15) is 0 Å². The molecular weight excluding hydrogens is 417 g/mol. The van der Waals surface area contributed by atoms with E-state index in [1.807, 2.05) is 6.07 Å². The molecule has 1 aromatic heterocycles. The second kappa shape index (κ2) is 9.57. The van der Waals surface area contributed by atoms with Crippen molar-refractivity contribution in [2.45, 2.75) is 36.8 Å². The number of carbonyl (C=O) groups excluding carboxylic acids is 1. The molecular formula is C20H23F3N4O2S. The molecule has 0 bridgehead atoms. The van der Waals surface area contributed by atoms with E-state index in [9.17, 15) is 18.0 Å². The number of carbonyl (C=O) groups is 1. The summed E-state index contributed by atoms with van der Waals surface area (Å²) >= 11 is -0.115. The number of rotatable bonds is 6. The highest BCUT2D eigenvalue weighted by Gasteiger charge is 2.30. The van der Waals surface area contributed by atoms with Gasteiger partial charge in [0.2, 0.25) is 0 Å². The van der Waals surface area contributed by atoms with Crippen LogP contribution in [0.25, 0.3) is 0 Å². The van der Waals surface area contributed by atoms with Gasteiger partial charge in [-0.15, -0.1) is 0 Å². The van der Waals surface area contributed by atoms with Gasteiger partial charge in [-0.25, -0.2) is 4.79 Å². The van der Waals surface area contributed by atoms with E-state index in [1.165, 1.54) is 12.1 Å². The highest BCUT2D eigenvalue weighted by atomic mass is 32.2. The molecule has 162 valence electrons. The Labute approximate surface area is 177 Å². The number of anilines is 2. The lowest BCUT2D eigenvalue weighted by Crippen LogP contribution is -2.29. The van der Waals surface area contributed by atoms with E-state index in [4.69, 9.17) is 4.74 Å². The summed E-state index contributed by atoms with van der Waals surface area (Å²) in [6.07, 6.45) is 2.72. The van der Waals surface area contributed by atoms with Gasteiger partial charge < -0.3 is 9.64 Å². The Morgan fingerprint density at radius 3 is 2.70 bits per heavy atom. The van der Waals surface area contributed by atoms with Gasteiger partial charge in [-0.1, -0.05) is 0 Å². The number of hydrogen-bond donors (Lipinski definition) is 1. The van der Waals surface area contributed by atoms with Crippen molar-refractivity contribution < 1.29 is 22.7 Å². The van der Waals surface area contributed by atoms with Gasteiger partial charge in [-0.3, -0.25) is 15.2 Å². The van der Waals surface area contributed by atoms with Gasteiger partial charge in [0.05, 0.1) is 25.2 Å². The van der Waals surface area contributed by atoms with Crippen LogP contribution >= 0.6 is 11.8 Å². The van der Waals surface area contributed by atoms with E-state index >= 15 is 0 Å². The molecule has 10 heteroatoms. The van der Waals surface area contributed by atoms with Crippen LogP contribution in [0.3, 0.4) is 0 Å². The molecule has 1 aromatic carbocycles. The molecule has 2 aromatic rings. The van der Waals surface area contributed by atoms with Gasteiger partial charge in [0.15, 0.2) is 0 Å². The number of nitrogens with one attached hydrogen (secondary N) is 1. The maximum atomic E-state index is 12.5. The SMILES string of the molecule is CCOC(=O)Nc1cnccc1CN1CN(c2ccc(SC(F)(F)F)cc2)CC1C. The van der Waals surface area contributed by atoms with Crippen molar-refractivity contribution in [1.82, 2.24) is 9.88 Å². The molecule has 1 fully saturated rings. The average Bonchev–Trinajstić information content (AvgIpc) is 3.03. The summed E-state index contributed by atoms with van der Waals surface area (Å²) in [5.41, 5.74) is -1.92. The van der Waals surface area contributed by atoms with Crippen LogP contribution in [0.2, 0.25) is 0 Å². The number of alkyl halides is 3. The molecule has 6 nitrogen and oxygen atoms in total. The maximum absolute atomic E-state index is 12.5. The monoisotopic (exact) mass is 440 g/mol. The maximum Gasteiger partial charge on any atom is 0.446 e. The van der Waals surface area contributed by atoms with Crippen LogP contribution in [-0.2, 0) is 11.3 Å². The van der Waals surface area contributed by atoms with Crippen LogP contribution in [0.1, 0.15) is 19.4 Å². The average molecular weight is 440 g/mol. The summed E-state index contributed by atoms with van der Waals surface area (Å²) in [6, 6.07) is 8.48. The van der Waals surface area contributed by atoms with Crippen molar-refractivity contribution in [3.05, 3.63) is 48.3 Å². The van der Waals surface area contributed by atoms with Gasteiger partial charge in [-0.05, 0) is 61.5 Å². The molecule has 2 heterocycles. The number of pyridine rings is 1. The van der Waals surface area contributed by atoms with Crippen LogP contribution < -0.4 is 10.2 Å². The zero-order valence-electron chi connectivity index (χ0n) is 16.6. The van der Waals surface area contributed by atoms with Crippen LogP contribution in [0.15, 0.2) is 47.6 Å². The molecule has 30 heavy (non-hydrogen) atoms. The van der Waals surface area contributed by atoms with Gasteiger partial charge >= 0.3 is 11.6 Å². The van der Waals surface area contributed by atoms with Crippen molar-refractivity contribution in [2.75, 3.05) is 30.0 Å². The first kappa shape index (κ1) is 22.2. The molecule has 0 radical (unpaired) electrons. The van der Waals surface area contributed by atoms with Gasteiger partial charge in [0.25, 0.3) is 0 Å². The second-order valence-corrected chi connectivity index (χ2v) is 8.02. The first-order valence-corrected chi connectivity index (χ1v) is 10.3. The number of ether oxygens (including phenoxy) is 1. The number of benzene rings is 1. The number of amides is 1. The van der Waals surface area contributed by atoms with Gasteiger partial charge in [0, 0.05) is 35.9 Å². The lowest BCUT2D eigenvalue weighted by molar-refractivity contribution is -0.0328. The molecule has 1 saturated heterocycles. The number of aromatic nitrogens is 1. The fraction of sp³-hybridized carbons (Fsp3) is 0.400. The third-order valence-corrected chi connectivity index (χ3v) is 5.43. The van der Waals surface area contributed by atoms with E-state index in [1.54, 1.807) is 31.5 Å². The molecule has 1 aliphatic rings. The minimum absolute atomic E-state index is 0.115. The molecule has 0 saturated carbocycles. The third-order valence-electron chi connectivity index (χ3n) is 4.69. The Kier molecular flexibility index (Phi) is 7.09. The van der Waals surface area contributed by atoms with E-state index in [0.717, 1.165) is 17.8 Å². The Morgan fingerprint density at radius 1 is 1.30 bits per heavy atom. The van der Waals surface area contributed by atoms with Crippen molar-refractivity contribution in [3.8, 4) is 0 Å². The quantitative estimate of drug-likeness (QED) is 0.643. The lowest BCUT2D eigenvalue weighted by Gasteiger charge is -2.22. The number of halogens is 3. The zero-order valence-corrected chi connectivity index (χ0v) is 17.5. The van der Waals surface area contributed by atoms with Gasteiger partial charge in [-0.2, -0.15) is 13.2 Å². The summed E-state index contributed by atoms with van der Waals surface area (Å²) < 4.78 is 42.5. The normalized spacial score (nSPS) is 17.2. The Morgan fingerprint density at radius 2 is 2.03 bits per heavy atom. The number of hydrogen-bond acceptors (Lipinski definition) is 6. The van der Waals surface area contributed by atoms with Crippen LogP contribution in [-0.4, -0.2) is 47.3 Å². The summed E-state index contributed by atoms with van der Waals surface area (Å²) in [5.74, 6) is 0. The molecule has 1 amide bonds. The first-order chi connectivity index (χ1) is 14.2. The van der Waals surface area contributed by atoms with Crippen LogP contribution in [0, 0.1) is 0 Å².